The Morgan fingerprint density at radius 3 is 2.00 bits per heavy atom. The molecule has 1 rings (SSSR count). The van der Waals surface area contributed by atoms with Gasteiger partial charge in [-0.3, -0.25) is 0 Å². The van der Waals surface area contributed by atoms with Gasteiger partial charge in [-0.15, -0.1) is 24.0 Å². The van der Waals surface area contributed by atoms with Crippen molar-refractivity contribution >= 4 is 50.5 Å². The van der Waals surface area contributed by atoms with Gasteiger partial charge in [0, 0.05) is 0 Å². The van der Waals surface area contributed by atoms with E-state index in [0.29, 0.717) is 4.32 Å². The van der Waals surface area contributed by atoms with Crippen molar-refractivity contribution in [1.82, 2.24) is 0 Å². The maximum absolute atomic E-state index is 5.50. The van der Waals surface area contributed by atoms with E-state index in [2.05, 4.69) is 17.1 Å². The largest absolute Gasteiger partial charge is 0.385 e. The summed E-state index contributed by atoms with van der Waals surface area (Å²) in [6.45, 7) is 0. The molecule has 1 heterocycles. The molecular formula is C6H10INS2. The van der Waals surface area contributed by atoms with Crippen LogP contribution in [0.1, 0.15) is 0 Å². The lowest BCUT2D eigenvalue weighted by Crippen LogP contribution is -2.12. The van der Waals surface area contributed by atoms with Crippen LogP contribution >= 0.6 is 46.2 Å². The summed E-state index contributed by atoms with van der Waals surface area (Å²) in [4.78, 5) is 0. The number of halogens is 1. The molecule has 58 valence electrons. The van der Waals surface area contributed by atoms with Crippen LogP contribution in [0, 0.1) is 0 Å². The Morgan fingerprint density at radius 1 is 1.40 bits per heavy atom. The summed E-state index contributed by atoms with van der Waals surface area (Å²) in [6, 6.07) is 0. The van der Waals surface area contributed by atoms with Gasteiger partial charge in [-0.25, -0.2) is 0 Å². The molecule has 10 heavy (non-hydrogen) atoms. The van der Waals surface area contributed by atoms with Crippen LogP contribution in [0.25, 0.3) is 0 Å². The van der Waals surface area contributed by atoms with Gasteiger partial charge in [0.2, 0.25) is 0 Å². The van der Waals surface area contributed by atoms with Gasteiger partial charge >= 0.3 is 0 Å². The van der Waals surface area contributed by atoms with E-state index in [1.165, 1.54) is 0 Å². The van der Waals surface area contributed by atoms with Crippen LogP contribution in [0.2, 0.25) is 0 Å². The molecule has 0 saturated heterocycles. The lowest BCUT2D eigenvalue weighted by molar-refractivity contribution is 1.89. The number of nitrogens with two attached hydrogens (primary N) is 1. The fourth-order valence-corrected chi connectivity index (χ4v) is 2.12. The van der Waals surface area contributed by atoms with Gasteiger partial charge in [-0.05, 0) is 17.1 Å². The molecule has 0 atom stereocenters. The summed E-state index contributed by atoms with van der Waals surface area (Å²) < 4.78 is 0.618. The number of hydrogen-bond donors (Lipinski definition) is 1. The van der Waals surface area contributed by atoms with Crippen LogP contribution in [0.4, 0.5) is 0 Å². The highest BCUT2D eigenvalue weighted by atomic mass is 127. The molecule has 0 bridgehead atoms. The minimum atomic E-state index is -0.972. The second-order valence-corrected chi connectivity index (χ2v) is 5.80. The summed E-state index contributed by atoms with van der Waals surface area (Å²) in [6.07, 6.45) is 6.07. The lowest BCUT2D eigenvalue weighted by Gasteiger charge is -2.22. The Balaban J connectivity index is 0.000000810. The van der Waals surface area contributed by atoms with Gasteiger partial charge < -0.3 is 5.73 Å². The first kappa shape index (κ1) is 10.4. The third-order valence-electron chi connectivity index (χ3n) is 1.27. The second-order valence-electron chi connectivity index (χ2n) is 2.02. The highest BCUT2D eigenvalue weighted by Crippen LogP contribution is 2.49. The average molecular weight is 287 g/mol. The Kier molecular flexibility index (Phi) is 3.90. The van der Waals surface area contributed by atoms with E-state index in [1.807, 2.05) is 12.2 Å². The Hall–Kier alpha value is 0.450. The zero-order valence-corrected chi connectivity index (χ0v) is 9.57. The molecule has 4 heteroatoms. The van der Waals surface area contributed by atoms with Crippen LogP contribution in [0.3, 0.4) is 0 Å². The van der Waals surface area contributed by atoms with Gasteiger partial charge in [-0.1, -0.05) is 24.4 Å². The number of allylic oxidation sites excluding steroid dienone is 2. The highest BCUT2D eigenvalue weighted by molar-refractivity contribution is 14.0. The van der Waals surface area contributed by atoms with E-state index >= 15 is 0 Å². The monoisotopic (exact) mass is 287 g/mol. The summed E-state index contributed by atoms with van der Waals surface area (Å²) in [5.74, 6) is 0. The molecule has 0 aliphatic carbocycles. The maximum Gasteiger partial charge on any atom is 0.120 e. The zero-order chi connectivity index (χ0) is 6.91. The highest BCUT2D eigenvalue weighted by Gasteiger charge is 2.15. The minimum Gasteiger partial charge on any atom is -0.385 e. The molecule has 2 N–H and O–H groups in total. The van der Waals surface area contributed by atoms with Crippen molar-refractivity contribution in [2.24, 2.45) is 5.73 Å². The first-order valence-corrected chi connectivity index (χ1v) is 5.15. The van der Waals surface area contributed by atoms with E-state index in [9.17, 15) is 0 Å². The standard InChI is InChI=1S/C6H9NS2.HI/c1-9(6(7)8)4-2-3-5-9;/h2-5H,1H3,(H2,7,8);1H. The van der Waals surface area contributed by atoms with E-state index in [-0.39, 0.29) is 24.0 Å². The second kappa shape index (κ2) is 3.73. The maximum atomic E-state index is 5.50. The van der Waals surface area contributed by atoms with Crippen LogP contribution < -0.4 is 5.73 Å². The Labute approximate surface area is 85.1 Å². The molecule has 1 aliphatic heterocycles. The molecule has 0 spiro atoms. The number of rotatable bonds is 0. The smallest absolute Gasteiger partial charge is 0.120 e. The van der Waals surface area contributed by atoms with Crippen LogP contribution in [0.15, 0.2) is 23.0 Å². The first-order chi connectivity index (χ1) is 4.15. The third-order valence-corrected chi connectivity index (χ3v) is 4.66. The minimum absolute atomic E-state index is 0. The summed E-state index contributed by atoms with van der Waals surface area (Å²) in [5, 5.41) is 4.16. The molecule has 1 aliphatic rings. The average Bonchev–Trinajstić information content (AvgIpc) is 2.16. The lowest BCUT2D eigenvalue weighted by atomic mass is 10.6. The fourth-order valence-electron chi connectivity index (χ4n) is 0.597. The molecule has 0 aromatic rings. The van der Waals surface area contributed by atoms with E-state index in [1.54, 1.807) is 0 Å². The van der Waals surface area contributed by atoms with Crippen molar-refractivity contribution in [3.05, 3.63) is 23.0 Å². The quantitative estimate of drug-likeness (QED) is 0.546. The van der Waals surface area contributed by atoms with Crippen molar-refractivity contribution in [3.63, 3.8) is 0 Å². The summed E-state index contributed by atoms with van der Waals surface area (Å²) in [5.41, 5.74) is 5.50. The van der Waals surface area contributed by atoms with Crippen molar-refractivity contribution in [1.29, 1.82) is 0 Å². The number of hydrogen-bond acceptors (Lipinski definition) is 1. The number of thiocarbonyl (C=S) groups is 1. The fraction of sp³-hybridized carbons (Fsp3) is 0.167. The van der Waals surface area contributed by atoms with Crippen molar-refractivity contribution in [2.75, 3.05) is 6.26 Å². The van der Waals surface area contributed by atoms with Gasteiger partial charge in [-0.2, -0.15) is 10.0 Å². The molecule has 0 fully saturated rings. The Morgan fingerprint density at radius 2 is 1.80 bits per heavy atom. The molecule has 0 aromatic carbocycles. The van der Waals surface area contributed by atoms with Gasteiger partial charge in [0.15, 0.2) is 0 Å². The Bertz CT molecular complexity index is 186. The molecular weight excluding hydrogens is 277 g/mol. The SMILES string of the molecule is CS1(C(N)=S)C=CC=C1.I. The van der Waals surface area contributed by atoms with Crippen LogP contribution in [0.5, 0.6) is 0 Å². The van der Waals surface area contributed by atoms with Gasteiger partial charge in [0.1, 0.15) is 4.32 Å². The molecule has 0 unspecified atom stereocenters. The zero-order valence-electron chi connectivity index (χ0n) is 5.61. The van der Waals surface area contributed by atoms with Gasteiger partial charge in [0.25, 0.3) is 0 Å². The molecule has 0 saturated carbocycles. The molecule has 1 nitrogen and oxygen atoms in total. The third kappa shape index (κ3) is 1.96. The molecule has 0 radical (unpaired) electrons. The predicted molar refractivity (Wildman–Crippen MR) is 64.0 cm³/mol. The van der Waals surface area contributed by atoms with E-state index < -0.39 is 10.0 Å². The first-order valence-electron chi connectivity index (χ1n) is 2.58. The van der Waals surface area contributed by atoms with Crippen LogP contribution in [-0.2, 0) is 0 Å². The molecule has 0 aromatic heterocycles. The van der Waals surface area contributed by atoms with E-state index in [4.69, 9.17) is 18.0 Å². The van der Waals surface area contributed by atoms with Crippen LogP contribution in [-0.4, -0.2) is 10.6 Å². The van der Waals surface area contributed by atoms with Crippen molar-refractivity contribution < 1.29 is 0 Å². The van der Waals surface area contributed by atoms with Crippen molar-refractivity contribution in [3.8, 4) is 0 Å². The summed E-state index contributed by atoms with van der Waals surface area (Å²) in [7, 11) is -0.972. The normalized spacial score (nSPS) is 21.7. The predicted octanol–water partition coefficient (Wildman–Crippen LogP) is 2.32. The van der Waals surface area contributed by atoms with Gasteiger partial charge in [0.05, 0.1) is 0 Å². The van der Waals surface area contributed by atoms with Crippen molar-refractivity contribution in [2.45, 2.75) is 0 Å². The topological polar surface area (TPSA) is 26.0 Å². The molecule has 0 amide bonds. The van der Waals surface area contributed by atoms with E-state index in [0.717, 1.165) is 0 Å². The summed E-state index contributed by atoms with van der Waals surface area (Å²) >= 11 is 4.88.